The van der Waals surface area contributed by atoms with Crippen LogP contribution in [0.5, 0.6) is 0 Å². The van der Waals surface area contributed by atoms with Gasteiger partial charge in [-0.25, -0.2) is 15.8 Å². The highest BCUT2D eigenvalue weighted by atomic mass is 32.1. The summed E-state index contributed by atoms with van der Waals surface area (Å²) in [6.45, 7) is 3.64. The van der Waals surface area contributed by atoms with Crippen LogP contribution in [0.15, 0.2) is 11.4 Å². The third-order valence-electron chi connectivity index (χ3n) is 3.80. The number of nitrogens with one attached hydrogen (secondary N) is 1. The molecule has 1 aliphatic heterocycles. The first-order valence-corrected chi connectivity index (χ1v) is 7.59. The number of anilines is 1. The first-order valence-electron chi connectivity index (χ1n) is 6.71. The molecular formula is C13H19N5OS. The average Bonchev–Trinajstić information content (AvgIpc) is 3.06. The number of thiophene rings is 1. The highest BCUT2D eigenvalue weighted by Gasteiger charge is 2.28. The minimum absolute atomic E-state index is 0.262. The predicted molar refractivity (Wildman–Crippen MR) is 80.5 cm³/mol. The van der Waals surface area contributed by atoms with E-state index < -0.39 is 0 Å². The summed E-state index contributed by atoms with van der Waals surface area (Å²) >= 11 is 1.60. The molecule has 6 nitrogen and oxygen atoms in total. The summed E-state index contributed by atoms with van der Waals surface area (Å²) in [6.07, 6.45) is 1.32. The van der Waals surface area contributed by atoms with Crippen molar-refractivity contribution in [3.05, 3.63) is 17.3 Å². The minimum Gasteiger partial charge on any atom is -0.377 e. The van der Waals surface area contributed by atoms with E-state index in [1.54, 1.807) is 11.3 Å². The summed E-state index contributed by atoms with van der Waals surface area (Å²) in [5.74, 6) is 7.03. The van der Waals surface area contributed by atoms with Gasteiger partial charge in [-0.3, -0.25) is 4.90 Å². The van der Waals surface area contributed by atoms with Crippen LogP contribution in [0.2, 0.25) is 0 Å². The van der Waals surface area contributed by atoms with Crippen molar-refractivity contribution in [2.45, 2.75) is 32.0 Å². The van der Waals surface area contributed by atoms with Gasteiger partial charge < -0.3 is 10.2 Å². The van der Waals surface area contributed by atoms with Crippen molar-refractivity contribution in [2.75, 3.05) is 19.1 Å². The van der Waals surface area contributed by atoms with Gasteiger partial charge in [-0.1, -0.05) is 0 Å². The van der Waals surface area contributed by atoms with Crippen molar-refractivity contribution >= 4 is 27.4 Å². The smallest absolute Gasteiger partial charge is 0.152 e. The van der Waals surface area contributed by atoms with Crippen molar-refractivity contribution in [3.63, 3.8) is 0 Å². The van der Waals surface area contributed by atoms with E-state index in [4.69, 9.17) is 10.6 Å². The van der Waals surface area contributed by atoms with Crippen LogP contribution in [0.4, 0.5) is 5.82 Å². The molecule has 2 aromatic heterocycles. The van der Waals surface area contributed by atoms with E-state index >= 15 is 0 Å². The lowest BCUT2D eigenvalue weighted by Gasteiger charge is -2.25. The van der Waals surface area contributed by atoms with Gasteiger partial charge in [0.1, 0.15) is 10.7 Å². The lowest BCUT2D eigenvalue weighted by molar-refractivity contribution is 0.0806. The van der Waals surface area contributed by atoms with Gasteiger partial charge in [0.2, 0.25) is 0 Å². The standard InChI is InChI=1S/C13H19N5OS/c1-8-10(3-5-19-8)18(2)7-11-15-12(17-14)9-4-6-20-13(9)16-11/h4,6,8,10H,3,5,7,14H2,1-2H3,(H,15,16,17). The van der Waals surface area contributed by atoms with Gasteiger partial charge in [0.15, 0.2) is 5.82 Å². The molecule has 20 heavy (non-hydrogen) atoms. The van der Waals surface area contributed by atoms with Gasteiger partial charge in [-0.2, -0.15) is 0 Å². The van der Waals surface area contributed by atoms with Gasteiger partial charge in [-0.05, 0) is 31.8 Å². The molecule has 2 atom stereocenters. The Kier molecular flexibility index (Phi) is 3.84. The van der Waals surface area contributed by atoms with Gasteiger partial charge in [0, 0.05) is 12.6 Å². The van der Waals surface area contributed by atoms with E-state index in [0.29, 0.717) is 18.4 Å². The zero-order valence-electron chi connectivity index (χ0n) is 11.7. The molecule has 3 rings (SSSR count). The second-order valence-corrected chi connectivity index (χ2v) is 6.01. The van der Waals surface area contributed by atoms with Crippen LogP contribution in [0.1, 0.15) is 19.2 Å². The monoisotopic (exact) mass is 293 g/mol. The zero-order chi connectivity index (χ0) is 14.1. The van der Waals surface area contributed by atoms with E-state index in [9.17, 15) is 0 Å². The van der Waals surface area contributed by atoms with Gasteiger partial charge in [-0.15, -0.1) is 11.3 Å². The number of hydrogen-bond acceptors (Lipinski definition) is 7. The van der Waals surface area contributed by atoms with E-state index in [-0.39, 0.29) is 6.10 Å². The van der Waals surface area contributed by atoms with Crippen LogP contribution >= 0.6 is 11.3 Å². The minimum atomic E-state index is 0.262. The Labute approximate surface area is 121 Å². The summed E-state index contributed by atoms with van der Waals surface area (Å²) < 4.78 is 5.61. The second kappa shape index (κ2) is 5.61. The number of hydrogen-bond donors (Lipinski definition) is 2. The first-order chi connectivity index (χ1) is 9.69. The number of likely N-dealkylation sites (N-methyl/N-ethyl adjacent to an activating group) is 1. The first kappa shape index (κ1) is 13.7. The number of nitrogen functional groups attached to an aromatic ring is 1. The Morgan fingerprint density at radius 2 is 2.40 bits per heavy atom. The molecule has 2 aromatic rings. The molecule has 0 aromatic carbocycles. The summed E-state index contributed by atoms with van der Waals surface area (Å²) in [5, 5.41) is 2.97. The second-order valence-electron chi connectivity index (χ2n) is 5.12. The maximum absolute atomic E-state index is 5.61. The van der Waals surface area contributed by atoms with E-state index in [2.05, 4.69) is 34.3 Å². The normalized spacial score (nSPS) is 22.8. The number of nitrogens with two attached hydrogens (primary N) is 1. The van der Waals surface area contributed by atoms with Gasteiger partial charge >= 0.3 is 0 Å². The molecule has 0 saturated carbocycles. The van der Waals surface area contributed by atoms with Gasteiger partial charge in [0.05, 0.1) is 18.0 Å². The van der Waals surface area contributed by atoms with Crippen LogP contribution in [-0.4, -0.2) is 40.7 Å². The van der Waals surface area contributed by atoms with Crippen molar-refractivity contribution < 1.29 is 4.74 Å². The molecule has 3 heterocycles. The van der Waals surface area contributed by atoms with Crippen molar-refractivity contribution in [2.24, 2.45) is 5.84 Å². The topological polar surface area (TPSA) is 76.3 Å². The van der Waals surface area contributed by atoms with Crippen molar-refractivity contribution in [1.29, 1.82) is 0 Å². The van der Waals surface area contributed by atoms with Crippen LogP contribution in [0, 0.1) is 0 Å². The number of fused-ring (bicyclic) bond motifs is 1. The molecule has 0 radical (unpaired) electrons. The molecule has 0 aliphatic carbocycles. The number of rotatable bonds is 4. The molecule has 108 valence electrons. The summed E-state index contributed by atoms with van der Waals surface area (Å²) in [5.41, 5.74) is 2.66. The Morgan fingerprint density at radius 3 is 3.10 bits per heavy atom. The fraction of sp³-hybridized carbons (Fsp3) is 0.538. The number of aromatic nitrogens is 2. The molecule has 0 bridgehead atoms. The molecule has 0 spiro atoms. The van der Waals surface area contributed by atoms with Crippen molar-refractivity contribution in [1.82, 2.24) is 14.9 Å². The zero-order valence-corrected chi connectivity index (χ0v) is 12.5. The highest BCUT2D eigenvalue weighted by Crippen LogP contribution is 2.25. The molecule has 2 unspecified atom stereocenters. The number of nitrogens with zero attached hydrogens (tertiary/aromatic N) is 3. The van der Waals surface area contributed by atoms with E-state index in [1.165, 1.54) is 0 Å². The fourth-order valence-electron chi connectivity index (χ4n) is 2.72. The molecule has 1 saturated heterocycles. The Balaban J connectivity index is 1.83. The van der Waals surface area contributed by atoms with Crippen molar-refractivity contribution in [3.8, 4) is 0 Å². The Bertz CT molecular complexity index is 601. The third kappa shape index (κ3) is 2.49. The SMILES string of the molecule is CC1OCCC1N(C)Cc1nc(NN)c2ccsc2n1. The Hall–Kier alpha value is -1.28. The van der Waals surface area contributed by atoms with E-state index in [1.807, 2.05) is 11.4 Å². The third-order valence-corrected chi connectivity index (χ3v) is 4.61. The Morgan fingerprint density at radius 1 is 1.55 bits per heavy atom. The maximum atomic E-state index is 5.61. The number of ether oxygens (including phenoxy) is 1. The average molecular weight is 293 g/mol. The van der Waals surface area contributed by atoms with Crippen LogP contribution < -0.4 is 11.3 Å². The summed E-state index contributed by atoms with van der Waals surface area (Å²) in [6, 6.07) is 2.40. The fourth-order valence-corrected chi connectivity index (χ4v) is 3.50. The molecule has 3 N–H and O–H groups in total. The highest BCUT2D eigenvalue weighted by molar-refractivity contribution is 7.16. The van der Waals surface area contributed by atoms with E-state index in [0.717, 1.165) is 29.1 Å². The molecule has 7 heteroatoms. The summed E-state index contributed by atoms with van der Waals surface area (Å²) in [7, 11) is 2.09. The molecule has 1 aliphatic rings. The molecular weight excluding hydrogens is 274 g/mol. The molecule has 0 amide bonds. The summed E-state index contributed by atoms with van der Waals surface area (Å²) in [4.78, 5) is 12.3. The quantitative estimate of drug-likeness (QED) is 0.658. The number of hydrazine groups is 1. The largest absolute Gasteiger partial charge is 0.377 e. The van der Waals surface area contributed by atoms with Crippen LogP contribution in [0.3, 0.4) is 0 Å². The van der Waals surface area contributed by atoms with Crippen LogP contribution in [0.25, 0.3) is 10.2 Å². The van der Waals surface area contributed by atoms with Crippen LogP contribution in [-0.2, 0) is 11.3 Å². The lowest BCUT2D eigenvalue weighted by Crippen LogP contribution is -2.36. The lowest BCUT2D eigenvalue weighted by atomic mass is 10.1. The maximum Gasteiger partial charge on any atom is 0.152 e. The molecule has 1 fully saturated rings. The predicted octanol–water partition coefficient (Wildman–Crippen LogP) is 1.59. The van der Waals surface area contributed by atoms with Gasteiger partial charge in [0.25, 0.3) is 0 Å².